The number of ether oxygens (including phenoxy) is 1. The fourth-order valence-corrected chi connectivity index (χ4v) is 4.27. The van der Waals surface area contributed by atoms with Crippen LogP contribution in [0.1, 0.15) is 27.3 Å². The Hall–Kier alpha value is -3.32. The molecule has 4 aromatic rings. The molecule has 0 saturated heterocycles. The third-order valence-electron chi connectivity index (χ3n) is 5.09. The highest BCUT2D eigenvalue weighted by Gasteiger charge is 2.17. The molecular formula is C24H22BrN3O3. The molecule has 0 aliphatic rings. The van der Waals surface area contributed by atoms with Crippen LogP contribution >= 0.6 is 15.9 Å². The Bertz CT molecular complexity index is 1230. The first-order valence-corrected chi connectivity index (χ1v) is 10.8. The van der Waals surface area contributed by atoms with Gasteiger partial charge in [0.2, 0.25) is 0 Å². The van der Waals surface area contributed by atoms with E-state index in [0.717, 1.165) is 26.1 Å². The minimum Gasteiger partial charge on any atom is -0.495 e. The van der Waals surface area contributed by atoms with Gasteiger partial charge in [0.25, 0.3) is 11.8 Å². The zero-order chi connectivity index (χ0) is 21.8. The number of carbonyl (C=O) groups excluding carboxylic acids is 2. The molecule has 0 atom stereocenters. The van der Waals surface area contributed by atoms with Crippen molar-refractivity contribution in [2.24, 2.45) is 0 Å². The summed E-state index contributed by atoms with van der Waals surface area (Å²) in [5.74, 6) is 0.121. The number of nitrogens with one attached hydrogen (secondary N) is 3. The van der Waals surface area contributed by atoms with Crippen molar-refractivity contribution in [1.29, 1.82) is 0 Å². The summed E-state index contributed by atoms with van der Waals surface area (Å²) in [6, 6.07) is 19.2. The van der Waals surface area contributed by atoms with Crippen LogP contribution in [0.5, 0.6) is 5.75 Å². The average molecular weight is 480 g/mol. The predicted molar refractivity (Wildman–Crippen MR) is 126 cm³/mol. The molecule has 0 aliphatic carbocycles. The molecule has 6 nitrogen and oxygen atoms in total. The number of aromatic amines is 1. The van der Waals surface area contributed by atoms with Crippen LogP contribution in [0.2, 0.25) is 0 Å². The van der Waals surface area contributed by atoms with Crippen LogP contribution in [0, 0.1) is 0 Å². The van der Waals surface area contributed by atoms with Crippen LogP contribution in [0.4, 0.5) is 0 Å². The number of aromatic nitrogens is 1. The van der Waals surface area contributed by atoms with Crippen molar-refractivity contribution in [3.05, 3.63) is 76.4 Å². The van der Waals surface area contributed by atoms with Gasteiger partial charge in [-0.05, 0) is 51.3 Å². The van der Waals surface area contributed by atoms with Gasteiger partial charge in [0.15, 0.2) is 0 Å². The van der Waals surface area contributed by atoms with Gasteiger partial charge in [-0.1, -0.05) is 42.5 Å². The van der Waals surface area contributed by atoms with Gasteiger partial charge < -0.3 is 20.4 Å². The van der Waals surface area contributed by atoms with E-state index in [9.17, 15) is 9.59 Å². The highest BCUT2D eigenvalue weighted by molar-refractivity contribution is 9.10. The van der Waals surface area contributed by atoms with Crippen molar-refractivity contribution < 1.29 is 14.3 Å². The van der Waals surface area contributed by atoms with Gasteiger partial charge in [-0.2, -0.15) is 0 Å². The van der Waals surface area contributed by atoms with Gasteiger partial charge >= 0.3 is 0 Å². The molecule has 2 amide bonds. The summed E-state index contributed by atoms with van der Waals surface area (Å²) in [6.07, 6.45) is 0.606. The molecule has 1 aromatic heterocycles. The Labute approximate surface area is 188 Å². The lowest BCUT2D eigenvalue weighted by Crippen LogP contribution is -2.30. The van der Waals surface area contributed by atoms with E-state index in [1.54, 1.807) is 7.11 Å². The summed E-state index contributed by atoms with van der Waals surface area (Å²) in [5.41, 5.74) is 1.92. The van der Waals surface area contributed by atoms with E-state index in [4.69, 9.17) is 4.74 Å². The van der Waals surface area contributed by atoms with Crippen molar-refractivity contribution in [2.75, 3.05) is 20.2 Å². The number of hydrogen-bond acceptors (Lipinski definition) is 3. The molecule has 0 fully saturated rings. The number of rotatable bonds is 7. The predicted octanol–water partition coefficient (Wildman–Crippen LogP) is 4.64. The topological polar surface area (TPSA) is 83.2 Å². The monoisotopic (exact) mass is 479 g/mol. The quantitative estimate of drug-likeness (QED) is 0.337. The summed E-state index contributed by atoms with van der Waals surface area (Å²) in [6.45, 7) is 0.881. The van der Waals surface area contributed by atoms with E-state index >= 15 is 0 Å². The Balaban J connectivity index is 1.33. The molecule has 31 heavy (non-hydrogen) atoms. The van der Waals surface area contributed by atoms with Crippen LogP contribution < -0.4 is 15.4 Å². The van der Waals surface area contributed by atoms with Crippen LogP contribution in [-0.2, 0) is 0 Å². The van der Waals surface area contributed by atoms with E-state index in [1.807, 2.05) is 60.7 Å². The maximum absolute atomic E-state index is 12.7. The zero-order valence-corrected chi connectivity index (χ0v) is 18.6. The smallest absolute Gasteiger partial charge is 0.267 e. The number of benzene rings is 3. The third-order valence-corrected chi connectivity index (χ3v) is 5.88. The largest absolute Gasteiger partial charge is 0.495 e. The first-order valence-electron chi connectivity index (χ1n) is 9.98. The normalized spacial score (nSPS) is 10.9. The lowest BCUT2D eigenvalue weighted by Gasteiger charge is -2.13. The Kier molecular flexibility index (Phi) is 6.23. The van der Waals surface area contributed by atoms with Gasteiger partial charge in [0.05, 0.1) is 17.1 Å². The molecule has 0 bridgehead atoms. The molecule has 0 unspecified atom stereocenters. The average Bonchev–Trinajstić information content (AvgIpc) is 3.23. The number of carbonyl (C=O) groups is 2. The molecule has 158 valence electrons. The van der Waals surface area contributed by atoms with Gasteiger partial charge in [0, 0.05) is 24.0 Å². The molecule has 0 saturated carbocycles. The molecule has 0 aliphatic heterocycles. The number of amides is 2. The number of fused-ring (bicyclic) bond motifs is 2. The second-order valence-electron chi connectivity index (χ2n) is 7.13. The number of methoxy groups -OCH3 is 1. The Morgan fingerprint density at radius 3 is 2.35 bits per heavy atom. The number of H-pyrrole nitrogens is 1. The van der Waals surface area contributed by atoms with Crippen molar-refractivity contribution in [2.45, 2.75) is 6.42 Å². The molecule has 0 spiro atoms. The van der Waals surface area contributed by atoms with E-state index in [1.165, 1.54) is 0 Å². The number of hydrogen-bond donors (Lipinski definition) is 3. The molecule has 3 aromatic carbocycles. The fraction of sp³-hybridized carbons (Fsp3) is 0.167. The van der Waals surface area contributed by atoms with Gasteiger partial charge in [-0.3, -0.25) is 9.59 Å². The van der Waals surface area contributed by atoms with Gasteiger partial charge in [0.1, 0.15) is 11.4 Å². The summed E-state index contributed by atoms with van der Waals surface area (Å²) >= 11 is 3.55. The lowest BCUT2D eigenvalue weighted by molar-refractivity contribution is 0.0948. The van der Waals surface area contributed by atoms with Crippen LogP contribution in [0.3, 0.4) is 0 Å². The van der Waals surface area contributed by atoms with Crippen LogP contribution in [0.25, 0.3) is 21.7 Å². The second kappa shape index (κ2) is 9.22. The van der Waals surface area contributed by atoms with Crippen LogP contribution in [0.15, 0.2) is 65.1 Å². The number of para-hydroxylation sites is 1. The molecular weight excluding hydrogens is 458 g/mol. The first kappa shape index (κ1) is 20.9. The minimum absolute atomic E-state index is 0.164. The van der Waals surface area contributed by atoms with E-state index in [2.05, 4.69) is 31.5 Å². The van der Waals surface area contributed by atoms with Crippen molar-refractivity contribution in [3.8, 4) is 5.75 Å². The summed E-state index contributed by atoms with van der Waals surface area (Å²) in [5, 5.41) is 8.71. The standard InChI is InChI=1S/C24H22BrN3O3/c1-31-22-18(13-15-7-2-4-9-17(15)21(22)25)23(29)26-11-6-12-27-24(30)20-14-16-8-3-5-10-19(16)28-20/h2-5,7-10,13-14,28H,6,11-12H2,1H3,(H,26,29)(H,27,30). The maximum Gasteiger partial charge on any atom is 0.267 e. The summed E-state index contributed by atoms with van der Waals surface area (Å²) < 4.78 is 6.22. The zero-order valence-electron chi connectivity index (χ0n) is 17.0. The molecule has 0 radical (unpaired) electrons. The highest BCUT2D eigenvalue weighted by atomic mass is 79.9. The molecule has 1 heterocycles. The fourth-order valence-electron chi connectivity index (χ4n) is 3.53. The highest BCUT2D eigenvalue weighted by Crippen LogP contribution is 2.36. The lowest BCUT2D eigenvalue weighted by atomic mass is 10.1. The molecule has 7 heteroatoms. The van der Waals surface area contributed by atoms with E-state index < -0.39 is 0 Å². The van der Waals surface area contributed by atoms with Crippen molar-refractivity contribution >= 4 is 49.4 Å². The maximum atomic E-state index is 12.7. The number of halogens is 1. The summed E-state index contributed by atoms with van der Waals surface area (Å²) in [7, 11) is 1.55. The summed E-state index contributed by atoms with van der Waals surface area (Å²) in [4.78, 5) is 28.2. The minimum atomic E-state index is -0.217. The molecule has 3 N–H and O–H groups in total. The Morgan fingerprint density at radius 2 is 1.61 bits per heavy atom. The van der Waals surface area contributed by atoms with Crippen LogP contribution in [-0.4, -0.2) is 37.0 Å². The third kappa shape index (κ3) is 4.41. The van der Waals surface area contributed by atoms with Gasteiger partial charge in [-0.25, -0.2) is 0 Å². The second-order valence-corrected chi connectivity index (χ2v) is 7.92. The van der Waals surface area contributed by atoms with E-state index in [0.29, 0.717) is 36.5 Å². The van der Waals surface area contributed by atoms with Crippen molar-refractivity contribution in [1.82, 2.24) is 15.6 Å². The Morgan fingerprint density at radius 1 is 0.935 bits per heavy atom. The SMILES string of the molecule is COc1c(C(=O)NCCCNC(=O)c2cc3ccccc3[nH]2)cc2ccccc2c1Br. The van der Waals surface area contributed by atoms with Gasteiger partial charge in [-0.15, -0.1) is 0 Å². The van der Waals surface area contributed by atoms with E-state index in [-0.39, 0.29) is 11.8 Å². The van der Waals surface area contributed by atoms with Crippen molar-refractivity contribution in [3.63, 3.8) is 0 Å². The molecule has 4 rings (SSSR count). The first-order chi connectivity index (χ1) is 15.1.